The number of nitrogens with two attached hydrogens (primary N) is 3. The zero-order valence-corrected chi connectivity index (χ0v) is 38.7. The lowest BCUT2D eigenvalue weighted by Crippen LogP contribution is -2.63. The highest BCUT2D eigenvalue weighted by Gasteiger charge is 2.38. The lowest BCUT2D eigenvalue weighted by molar-refractivity contribution is -0.148. The Balaban J connectivity index is 6.57. The Hall–Kier alpha value is -5.46. The first-order valence-corrected chi connectivity index (χ1v) is 21.9. The molecule has 0 aromatic heterocycles. The second-order valence-electron chi connectivity index (χ2n) is 16.8. The Morgan fingerprint density at radius 1 is 0.523 bits per heavy atom. The first-order chi connectivity index (χ1) is 30.2. The van der Waals surface area contributed by atoms with Gasteiger partial charge in [-0.15, -0.1) is 0 Å². The third kappa shape index (κ3) is 21.9. The highest BCUT2D eigenvalue weighted by atomic mass is 16.4. The number of aliphatic carboxylic acids is 2. The minimum absolute atomic E-state index is 0.0657. The van der Waals surface area contributed by atoms with Crippen LogP contribution >= 0.6 is 0 Å². The fraction of sp³-hybridized carbons (Fsp3) is 0.756. The number of rotatable bonds is 32. The molecule has 0 bridgehead atoms. The number of unbranched alkanes of at least 4 members (excludes halogenated alkanes) is 1. The second kappa shape index (κ2) is 29.9. The molecule has 0 aromatic rings. The summed E-state index contributed by atoms with van der Waals surface area (Å²) in [6, 6.07) is -11.9. The summed E-state index contributed by atoms with van der Waals surface area (Å²) in [5.74, 6) is -11.7. The van der Waals surface area contributed by atoms with Crippen LogP contribution in [0.1, 0.15) is 113 Å². The number of hydrogen-bond donors (Lipinski definition) is 14. The zero-order valence-electron chi connectivity index (χ0n) is 38.7. The van der Waals surface area contributed by atoms with Crippen molar-refractivity contribution in [1.29, 1.82) is 0 Å². The highest BCUT2D eigenvalue weighted by molar-refractivity contribution is 5.98. The van der Waals surface area contributed by atoms with Crippen molar-refractivity contribution < 1.29 is 68.4 Å². The molecule has 0 radical (unpaired) electrons. The summed E-state index contributed by atoms with van der Waals surface area (Å²) in [4.78, 5) is 129. The smallest absolute Gasteiger partial charge is 0.326 e. The summed E-state index contributed by atoms with van der Waals surface area (Å²) in [6.45, 7) is 12.9. The van der Waals surface area contributed by atoms with E-state index in [0.717, 1.165) is 13.8 Å². The predicted octanol–water partition coefficient (Wildman–Crippen LogP) is -3.44. The van der Waals surface area contributed by atoms with Crippen LogP contribution in [-0.2, 0) is 47.9 Å². The van der Waals surface area contributed by atoms with Crippen molar-refractivity contribution in [1.82, 2.24) is 37.2 Å². The summed E-state index contributed by atoms with van der Waals surface area (Å²) in [7, 11) is 0. The maximum Gasteiger partial charge on any atom is 0.326 e. The number of nitrogens with one attached hydrogen (secondary N) is 7. The summed E-state index contributed by atoms with van der Waals surface area (Å²) in [5.41, 5.74) is 17.1. The van der Waals surface area contributed by atoms with Crippen molar-refractivity contribution in [2.75, 3.05) is 6.54 Å². The molecule has 0 aromatic carbocycles. The fourth-order valence-electron chi connectivity index (χ4n) is 6.32. The van der Waals surface area contributed by atoms with Crippen molar-refractivity contribution >= 4 is 59.2 Å². The van der Waals surface area contributed by atoms with Crippen LogP contribution < -0.4 is 54.4 Å². The molecule has 0 aliphatic rings. The van der Waals surface area contributed by atoms with Gasteiger partial charge in [0, 0.05) is 6.42 Å². The lowest BCUT2D eigenvalue weighted by Gasteiger charge is -2.30. The van der Waals surface area contributed by atoms with Crippen LogP contribution in [-0.4, -0.2) is 147 Å². The van der Waals surface area contributed by atoms with Crippen molar-refractivity contribution in [2.24, 2.45) is 35.0 Å². The van der Waals surface area contributed by atoms with Crippen LogP contribution in [0.15, 0.2) is 0 Å². The summed E-state index contributed by atoms with van der Waals surface area (Å²) < 4.78 is 0. The van der Waals surface area contributed by atoms with E-state index in [-0.39, 0.29) is 38.1 Å². The number of aliphatic hydroxyl groups is 2. The van der Waals surface area contributed by atoms with Gasteiger partial charge in [0.25, 0.3) is 0 Å². The molecule has 24 nitrogen and oxygen atoms in total. The first kappa shape index (κ1) is 59.5. The van der Waals surface area contributed by atoms with E-state index in [1.165, 1.54) is 0 Å². The van der Waals surface area contributed by atoms with Gasteiger partial charge in [0.15, 0.2) is 0 Å². The quantitative estimate of drug-likeness (QED) is 0.0292. The van der Waals surface area contributed by atoms with E-state index in [9.17, 15) is 63.3 Å². The third-order valence-corrected chi connectivity index (χ3v) is 10.7. The topological polar surface area (TPSA) is 414 Å². The van der Waals surface area contributed by atoms with Gasteiger partial charge in [-0.25, -0.2) is 4.79 Å². The molecule has 8 amide bonds. The molecule has 0 rings (SSSR count). The molecule has 0 spiro atoms. The molecule has 0 heterocycles. The number of carboxylic acids is 2. The minimum atomic E-state index is -1.91. The Labute approximate surface area is 379 Å². The van der Waals surface area contributed by atoms with Crippen LogP contribution in [0.4, 0.5) is 0 Å². The van der Waals surface area contributed by atoms with E-state index in [1.54, 1.807) is 27.7 Å². The molecule has 0 saturated heterocycles. The molecular weight excluding hydrogens is 857 g/mol. The van der Waals surface area contributed by atoms with Gasteiger partial charge >= 0.3 is 11.9 Å². The van der Waals surface area contributed by atoms with Gasteiger partial charge in [-0.3, -0.25) is 43.2 Å². The van der Waals surface area contributed by atoms with Gasteiger partial charge < -0.3 is 74.8 Å². The number of hydrogen-bond acceptors (Lipinski definition) is 14. The molecular formula is C41H74N10O14. The maximum absolute atomic E-state index is 13.9. The van der Waals surface area contributed by atoms with Gasteiger partial charge in [0.2, 0.25) is 47.3 Å². The van der Waals surface area contributed by atoms with Crippen molar-refractivity contribution in [3.05, 3.63) is 0 Å². The SMILES string of the molecule is CC[C@H](C)[C@H](NC(=O)[C@H](CCCCN)NC(=O)[C@@H](NC(=O)[C@H](CCC(N)=O)NC(=O)[C@@H](NC(=O)[C@@H](N)CC(C)C)[C@@H](C)CC)[C@@H](C)O)C(=O)N[C@H](C(=O)N[C@@H](CC(=O)O)C(=O)O)[C@@H](C)O. The Morgan fingerprint density at radius 2 is 0.908 bits per heavy atom. The zero-order chi connectivity index (χ0) is 50.3. The first-order valence-electron chi connectivity index (χ1n) is 21.9. The van der Waals surface area contributed by atoms with Gasteiger partial charge in [0.05, 0.1) is 24.7 Å². The molecule has 0 aliphatic heterocycles. The normalized spacial score (nSPS) is 16.8. The van der Waals surface area contributed by atoms with Crippen molar-refractivity contribution in [2.45, 2.75) is 174 Å². The van der Waals surface area contributed by atoms with E-state index in [4.69, 9.17) is 22.3 Å². The maximum atomic E-state index is 13.9. The van der Waals surface area contributed by atoms with Gasteiger partial charge in [-0.05, 0) is 70.3 Å². The van der Waals surface area contributed by atoms with E-state index in [1.807, 2.05) is 19.2 Å². The Kier molecular flexibility index (Phi) is 27.4. The lowest BCUT2D eigenvalue weighted by atomic mass is 9.96. The number of aliphatic hydroxyl groups excluding tert-OH is 2. The van der Waals surface area contributed by atoms with Crippen LogP contribution in [0.25, 0.3) is 0 Å². The fourth-order valence-corrected chi connectivity index (χ4v) is 6.32. The molecule has 372 valence electrons. The summed E-state index contributed by atoms with van der Waals surface area (Å²) in [6.07, 6.45) is -3.39. The largest absolute Gasteiger partial charge is 0.481 e. The number of carbonyl (C=O) groups excluding carboxylic acids is 8. The number of carbonyl (C=O) groups is 10. The molecule has 0 aliphatic carbocycles. The van der Waals surface area contributed by atoms with E-state index in [0.29, 0.717) is 19.3 Å². The second-order valence-corrected chi connectivity index (χ2v) is 16.8. The van der Waals surface area contributed by atoms with E-state index < -0.39 is 144 Å². The Bertz CT molecular complexity index is 1630. The van der Waals surface area contributed by atoms with Crippen molar-refractivity contribution in [3.8, 4) is 0 Å². The number of primary amides is 1. The molecule has 12 atom stereocenters. The molecule has 0 saturated carbocycles. The molecule has 65 heavy (non-hydrogen) atoms. The summed E-state index contributed by atoms with van der Waals surface area (Å²) >= 11 is 0. The average Bonchev–Trinajstić information content (AvgIpc) is 3.21. The molecule has 0 unspecified atom stereocenters. The van der Waals surface area contributed by atoms with Crippen LogP contribution in [0.3, 0.4) is 0 Å². The predicted molar refractivity (Wildman–Crippen MR) is 234 cm³/mol. The van der Waals surface area contributed by atoms with Crippen LogP contribution in [0.5, 0.6) is 0 Å². The average molecular weight is 931 g/mol. The van der Waals surface area contributed by atoms with Gasteiger partial charge in [0.1, 0.15) is 42.3 Å². The number of amides is 8. The number of carboxylic acid groups (broad SMARTS) is 2. The molecule has 0 fully saturated rings. The van der Waals surface area contributed by atoms with E-state index >= 15 is 0 Å². The molecule has 17 N–H and O–H groups in total. The third-order valence-electron chi connectivity index (χ3n) is 10.7. The van der Waals surface area contributed by atoms with E-state index in [2.05, 4.69) is 31.9 Å². The summed E-state index contributed by atoms with van der Waals surface area (Å²) in [5, 5.41) is 56.3. The van der Waals surface area contributed by atoms with Crippen LogP contribution in [0.2, 0.25) is 0 Å². The van der Waals surface area contributed by atoms with Gasteiger partial charge in [-0.1, -0.05) is 54.4 Å². The minimum Gasteiger partial charge on any atom is -0.481 e. The highest BCUT2D eigenvalue weighted by Crippen LogP contribution is 2.14. The Morgan fingerprint density at radius 3 is 1.29 bits per heavy atom. The monoisotopic (exact) mass is 931 g/mol. The van der Waals surface area contributed by atoms with Crippen LogP contribution in [0, 0.1) is 17.8 Å². The standard InChI is InChI=1S/C41H74N10O14/c1-9-20(5)30(48-34(57)24(43)17-19(3)4)37(60)46-26(14-15-28(44)54)36(59)50-32(22(7)52)39(62)45-25(13-11-12-16-42)35(58)49-31(21(6)10-2)38(61)51-33(23(8)53)40(63)47-27(41(64)65)18-29(55)56/h19-27,30-33,52-53H,9-18,42-43H2,1-8H3,(H2,44,54)(H,45,62)(H,46,60)(H,47,63)(H,48,57)(H,49,58)(H,50,59)(H,51,61)(H,55,56)(H,64,65)/t20-,21-,22+,23+,24-,25-,26-,27-,30-,31-,32-,33-/m0/s1. The van der Waals surface area contributed by atoms with Crippen molar-refractivity contribution in [3.63, 3.8) is 0 Å². The molecule has 24 heteroatoms. The van der Waals surface area contributed by atoms with Gasteiger partial charge in [-0.2, -0.15) is 0 Å².